The van der Waals surface area contributed by atoms with Crippen LogP contribution in [0.4, 0.5) is 0 Å². The number of phenolic OH excluding ortho intramolecular Hbond substituents is 3. The Morgan fingerprint density at radius 1 is 0.833 bits per heavy atom. The number of benzene rings is 3. The molecule has 0 bridgehead atoms. The number of allylic oxidation sites excluding steroid dienone is 1. The van der Waals surface area contributed by atoms with Gasteiger partial charge >= 0.3 is 0 Å². The van der Waals surface area contributed by atoms with Gasteiger partial charge in [0.05, 0.1) is 5.56 Å². The van der Waals surface area contributed by atoms with Crippen LogP contribution in [0.15, 0.2) is 71.2 Å². The van der Waals surface area contributed by atoms with Gasteiger partial charge < -0.3 is 19.7 Å². The van der Waals surface area contributed by atoms with E-state index >= 15 is 0 Å². The van der Waals surface area contributed by atoms with E-state index in [0.29, 0.717) is 39.7 Å². The molecule has 3 N–H and O–H groups in total. The molecule has 0 radical (unpaired) electrons. The lowest BCUT2D eigenvalue weighted by atomic mass is 10.0. The number of aldehydes is 1. The average Bonchev–Trinajstić information content (AvgIpc) is 3.09. The Morgan fingerprint density at radius 2 is 1.53 bits per heavy atom. The summed E-state index contributed by atoms with van der Waals surface area (Å²) in [6.07, 6.45) is 3.60. The molecule has 0 saturated carbocycles. The maximum atomic E-state index is 12.3. The van der Waals surface area contributed by atoms with E-state index in [0.717, 1.165) is 6.07 Å². The zero-order chi connectivity index (χ0) is 21.3. The fraction of sp³-hybridized carbons (Fsp3) is 0. The molecule has 30 heavy (non-hydrogen) atoms. The lowest BCUT2D eigenvalue weighted by molar-refractivity contribution is 0.104. The molecular formula is C24H16O6. The van der Waals surface area contributed by atoms with Gasteiger partial charge in [0.2, 0.25) is 0 Å². The summed E-state index contributed by atoms with van der Waals surface area (Å²) in [6.45, 7) is 0. The fourth-order valence-corrected chi connectivity index (χ4v) is 3.19. The minimum atomic E-state index is -0.395. The highest BCUT2D eigenvalue weighted by Gasteiger charge is 2.16. The van der Waals surface area contributed by atoms with Gasteiger partial charge in [-0.2, -0.15) is 0 Å². The number of carbonyl (C=O) groups is 2. The molecule has 3 aromatic carbocycles. The molecule has 0 fully saturated rings. The van der Waals surface area contributed by atoms with Gasteiger partial charge in [0.15, 0.2) is 12.1 Å². The van der Waals surface area contributed by atoms with Crippen molar-refractivity contribution < 1.29 is 29.3 Å². The van der Waals surface area contributed by atoms with E-state index in [9.17, 15) is 24.9 Å². The first-order valence-electron chi connectivity index (χ1n) is 9.01. The average molecular weight is 400 g/mol. The van der Waals surface area contributed by atoms with E-state index < -0.39 is 5.78 Å². The van der Waals surface area contributed by atoms with Crippen molar-refractivity contribution in [1.82, 2.24) is 0 Å². The highest BCUT2D eigenvalue weighted by Crippen LogP contribution is 2.34. The second-order valence-electron chi connectivity index (χ2n) is 6.70. The third kappa shape index (κ3) is 3.66. The van der Waals surface area contributed by atoms with Crippen LogP contribution in [-0.2, 0) is 0 Å². The van der Waals surface area contributed by atoms with Gasteiger partial charge in [-0.3, -0.25) is 9.59 Å². The normalized spacial score (nSPS) is 11.2. The van der Waals surface area contributed by atoms with Crippen molar-refractivity contribution in [2.45, 2.75) is 0 Å². The number of phenols is 3. The summed E-state index contributed by atoms with van der Waals surface area (Å²) in [7, 11) is 0. The molecule has 4 aromatic rings. The van der Waals surface area contributed by atoms with Gasteiger partial charge in [0, 0.05) is 22.6 Å². The fourth-order valence-electron chi connectivity index (χ4n) is 3.19. The first-order chi connectivity index (χ1) is 14.4. The van der Waals surface area contributed by atoms with Crippen LogP contribution < -0.4 is 0 Å². The third-order valence-electron chi connectivity index (χ3n) is 4.61. The van der Waals surface area contributed by atoms with Crippen LogP contribution in [0, 0.1) is 0 Å². The largest absolute Gasteiger partial charge is 0.508 e. The standard InChI is InChI=1S/C24H16O6/c25-13-21-20-9-14(1-7-22(29)16-10-18(27)12-19(28)11-16)2-8-23(20)30-24(21)15-3-5-17(26)6-4-15/h1-13,26-28H. The van der Waals surface area contributed by atoms with Crippen molar-refractivity contribution in [2.75, 3.05) is 0 Å². The second-order valence-corrected chi connectivity index (χ2v) is 6.70. The summed E-state index contributed by atoms with van der Waals surface area (Å²) in [4.78, 5) is 24.1. The van der Waals surface area contributed by atoms with Gasteiger partial charge in [-0.1, -0.05) is 12.1 Å². The molecule has 0 aliphatic rings. The van der Waals surface area contributed by atoms with E-state index in [1.54, 1.807) is 36.4 Å². The van der Waals surface area contributed by atoms with Crippen LogP contribution in [0.25, 0.3) is 28.4 Å². The number of hydrogen-bond donors (Lipinski definition) is 3. The topological polar surface area (TPSA) is 108 Å². The summed E-state index contributed by atoms with van der Waals surface area (Å²) < 4.78 is 5.83. The minimum absolute atomic E-state index is 0.111. The van der Waals surface area contributed by atoms with Crippen LogP contribution in [0.1, 0.15) is 26.3 Å². The molecule has 1 heterocycles. The Bertz CT molecular complexity index is 1280. The predicted molar refractivity (Wildman–Crippen MR) is 112 cm³/mol. The lowest BCUT2D eigenvalue weighted by Crippen LogP contribution is -1.93. The van der Waals surface area contributed by atoms with Gasteiger partial charge in [-0.05, 0) is 60.2 Å². The Kier molecular flexibility index (Phi) is 4.82. The van der Waals surface area contributed by atoms with Crippen molar-refractivity contribution in [2.24, 2.45) is 0 Å². The molecule has 0 unspecified atom stereocenters. The third-order valence-corrected chi connectivity index (χ3v) is 4.61. The monoisotopic (exact) mass is 400 g/mol. The Morgan fingerprint density at radius 3 is 2.20 bits per heavy atom. The van der Waals surface area contributed by atoms with Gasteiger partial charge in [-0.25, -0.2) is 0 Å². The number of ketones is 1. The molecule has 6 nitrogen and oxygen atoms in total. The molecule has 1 aromatic heterocycles. The SMILES string of the molecule is O=Cc1c(-c2ccc(O)cc2)oc2ccc(C=CC(=O)c3cc(O)cc(O)c3)cc12. The summed E-state index contributed by atoms with van der Waals surface area (Å²) in [6, 6.07) is 15.2. The number of aromatic hydroxyl groups is 3. The highest BCUT2D eigenvalue weighted by molar-refractivity contribution is 6.08. The van der Waals surface area contributed by atoms with E-state index in [2.05, 4.69) is 0 Å². The van der Waals surface area contributed by atoms with Gasteiger partial charge in [0.25, 0.3) is 0 Å². The zero-order valence-electron chi connectivity index (χ0n) is 15.6. The Hall–Kier alpha value is -4.32. The summed E-state index contributed by atoms with van der Waals surface area (Å²) in [5.41, 5.74) is 2.36. The van der Waals surface area contributed by atoms with E-state index in [1.807, 2.05) is 0 Å². The Balaban J connectivity index is 1.69. The van der Waals surface area contributed by atoms with Crippen molar-refractivity contribution >= 4 is 29.1 Å². The zero-order valence-corrected chi connectivity index (χ0v) is 15.6. The summed E-state index contributed by atoms with van der Waals surface area (Å²) >= 11 is 0. The number of hydrogen-bond acceptors (Lipinski definition) is 6. The minimum Gasteiger partial charge on any atom is -0.508 e. The maximum absolute atomic E-state index is 12.3. The van der Waals surface area contributed by atoms with Crippen LogP contribution in [-0.4, -0.2) is 27.4 Å². The summed E-state index contributed by atoms with van der Waals surface area (Å²) in [5.74, 6) is -0.297. The van der Waals surface area contributed by atoms with E-state index in [4.69, 9.17) is 4.42 Å². The van der Waals surface area contributed by atoms with Gasteiger partial charge in [0.1, 0.15) is 28.6 Å². The van der Waals surface area contributed by atoms with Crippen LogP contribution in [0.3, 0.4) is 0 Å². The molecule has 6 heteroatoms. The quantitative estimate of drug-likeness (QED) is 0.249. The van der Waals surface area contributed by atoms with Crippen molar-refractivity contribution in [1.29, 1.82) is 0 Å². The second kappa shape index (κ2) is 7.60. The van der Waals surface area contributed by atoms with Crippen molar-refractivity contribution in [3.8, 4) is 28.6 Å². The summed E-state index contributed by atoms with van der Waals surface area (Å²) in [5, 5.41) is 29.1. The van der Waals surface area contributed by atoms with Crippen LogP contribution >= 0.6 is 0 Å². The van der Waals surface area contributed by atoms with Crippen molar-refractivity contribution in [3.63, 3.8) is 0 Å². The van der Waals surface area contributed by atoms with Crippen LogP contribution in [0.2, 0.25) is 0 Å². The highest BCUT2D eigenvalue weighted by atomic mass is 16.3. The molecule has 0 aliphatic carbocycles. The van der Waals surface area contributed by atoms with Crippen molar-refractivity contribution in [3.05, 3.63) is 83.4 Å². The first-order valence-corrected chi connectivity index (χ1v) is 9.01. The molecule has 0 saturated heterocycles. The molecule has 0 atom stereocenters. The number of furan rings is 1. The maximum Gasteiger partial charge on any atom is 0.186 e. The molecule has 4 rings (SSSR count). The number of carbonyl (C=O) groups excluding carboxylic acids is 2. The molecule has 0 aliphatic heterocycles. The predicted octanol–water partition coefficient (Wildman–Crippen LogP) is 4.93. The van der Waals surface area contributed by atoms with E-state index in [-0.39, 0.29) is 22.8 Å². The first kappa shape index (κ1) is 19.0. The molecule has 148 valence electrons. The number of fused-ring (bicyclic) bond motifs is 1. The molecule has 0 spiro atoms. The Labute approximate surface area is 170 Å². The van der Waals surface area contributed by atoms with Gasteiger partial charge in [-0.15, -0.1) is 0 Å². The molecular weight excluding hydrogens is 384 g/mol. The smallest absolute Gasteiger partial charge is 0.186 e. The molecule has 0 amide bonds. The van der Waals surface area contributed by atoms with E-state index in [1.165, 1.54) is 30.3 Å². The lowest BCUT2D eigenvalue weighted by Gasteiger charge is -2.00. The van der Waals surface area contributed by atoms with Crippen LogP contribution in [0.5, 0.6) is 17.2 Å². The number of rotatable bonds is 5.